The van der Waals surface area contributed by atoms with Crippen molar-refractivity contribution in [1.82, 2.24) is 5.32 Å². The molecule has 1 heterocycles. The molecule has 0 bridgehead atoms. The second-order valence-electron chi connectivity index (χ2n) is 4.63. The highest BCUT2D eigenvalue weighted by Crippen LogP contribution is 2.22. The number of furan rings is 1. The smallest absolute Gasteiger partial charge is 0.287 e. The quantitative estimate of drug-likeness (QED) is 0.732. The fourth-order valence-corrected chi connectivity index (χ4v) is 2.61. The Kier molecular flexibility index (Phi) is 4.57. The van der Waals surface area contributed by atoms with Crippen molar-refractivity contribution in [3.63, 3.8) is 0 Å². The van der Waals surface area contributed by atoms with Gasteiger partial charge in [-0.3, -0.25) is 4.79 Å². The zero-order valence-corrected chi connectivity index (χ0v) is 12.2. The molecule has 1 amide bonds. The van der Waals surface area contributed by atoms with Gasteiger partial charge in [-0.25, -0.2) is 0 Å². The molecule has 0 fully saturated rings. The van der Waals surface area contributed by atoms with Crippen LogP contribution in [0.15, 0.2) is 28.7 Å². The van der Waals surface area contributed by atoms with Crippen LogP contribution in [0, 0.1) is 0 Å². The van der Waals surface area contributed by atoms with Crippen LogP contribution in [0.2, 0.25) is 0 Å². The van der Waals surface area contributed by atoms with Crippen LogP contribution in [-0.2, 0) is 0 Å². The lowest BCUT2D eigenvalue weighted by molar-refractivity contribution is 0.0910. The van der Waals surface area contributed by atoms with E-state index in [4.69, 9.17) is 10.2 Å². The summed E-state index contributed by atoms with van der Waals surface area (Å²) in [6.07, 6.45) is 1.90. The van der Waals surface area contributed by atoms with Gasteiger partial charge in [0, 0.05) is 22.4 Å². The van der Waals surface area contributed by atoms with Crippen molar-refractivity contribution >= 4 is 34.3 Å². The van der Waals surface area contributed by atoms with Crippen molar-refractivity contribution in [3.8, 4) is 0 Å². The maximum atomic E-state index is 12.1. The van der Waals surface area contributed by atoms with Crippen molar-refractivity contribution < 1.29 is 14.3 Å². The maximum Gasteiger partial charge on any atom is 0.287 e. The number of benzene rings is 1. The standard InChI is InChI=1S/C14H18N2O3S/c1-8(13(7-17)20-2)16-14(18)12-6-9-5-10(15)3-4-11(9)19-12/h3-6,8,13,17H,7,15H2,1-2H3,(H,16,18). The molecule has 20 heavy (non-hydrogen) atoms. The summed E-state index contributed by atoms with van der Waals surface area (Å²) >= 11 is 1.51. The number of rotatable bonds is 5. The van der Waals surface area contributed by atoms with E-state index in [2.05, 4.69) is 5.32 Å². The molecule has 0 aliphatic heterocycles. The maximum absolute atomic E-state index is 12.1. The summed E-state index contributed by atoms with van der Waals surface area (Å²) in [4.78, 5) is 12.1. The predicted molar refractivity (Wildman–Crippen MR) is 81.9 cm³/mol. The predicted octanol–water partition coefficient (Wildman–Crippen LogP) is 1.86. The number of anilines is 1. The van der Waals surface area contributed by atoms with Gasteiger partial charge < -0.3 is 20.6 Å². The van der Waals surface area contributed by atoms with Gasteiger partial charge in [-0.1, -0.05) is 0 Å². The van der Waals surface area contributed by atoms with Crippen molar-refractivity contribution in [2.75, 3.05) is 18.6 Å². The van der Waals surface area contributed by atoms with Crippen LogP contribution >= 0.6 is 11.8 Å². The number of aliphatic hydroxyl groups is 1. The van der Waals surface area contributed by atoms with E-state index in [9.17, 15) is 9.90 Å². The molecule has 2 unspecified atom stereocenters. The number of hydrogen-bond donors (Lipinski definition) is 3. The summed E-state index contributed by atoms with van der Waals surface area (Å²) in [5.74, 6) is -0.0463. The molecule has 2 rings (SSSR count). The Morgan fingerprint density at radius 3 is 2.90 bits per heavy atom. The highest BCUT2D eigenvalue weighted by molar-refractivity contribution is 7.99. The summed E-state index contributed by atoms with van der Waals surface area (Å²) < 4.78 is 5.50. The largest absolute Gasteiger partial charge is 0.451 e. The molecule has 6 heteroatoms. The number of nitrogen functional groups attached to an aromatic ring is 1. The normalized spacial score (nSPS) is 14.2. The van der Waals surface area contributed by atoms with Crippen LogP contribution in [0.25, 0.3) is 11.0 Å². The molecule has 2 aromatic rings. The van der Waals surface area contributed by atoms with E-state index >= 15 is 0 Å². The lowest BCUT2D eigenvalue weighted by Gasteiger charge is -2.20. The molecule has 1 aromatic carbocycles. The van der Waals surface area contributed by atoms with E-state index < -0.39 is 0 Å². The van der Waals surface area contributed by atoms with Crippen molar-refractivity contribution in [2.45, 2.75) is 18.2 Å². The van der Waals surface area contributed by atoms with Crippen LogP contribution in [-0.4, -0.2) is 35.2 Å². The first-order valence-corrected chi connectivity index (χ1v) is 7.57. The Bertz CT molecular complexity index is 607. The number of carbonyl (C=O) groups excluding carboxylic acids is 1. The Hall–Kier alpha value is -1.66. The van der Waals surface area contributed by atoms with Crippen LogP contribution in [0.1, 0.15) is 17.5 Å². The second kappa shape index (κ2) is 6.19. The molecule has 0 aliphatic carbocycles. The molecular weight excluding hydrogens is 276 g/mol. The number of nitrogens with two attached hydrogens (primary N) is 1. The van der Waals surface area contributed by atoms with Gasteiger partial charge >= 0.3 is 0 Å². The number of aliphatic hydroxyl groups excluding tert-OH is 1. The van der Waals surface area contributed by atoms with E-state index in [-0.39, 0.29) is 29.6 Å². The van der Waals surface area contributed by atoms with Gasteiger partial charge in [0.2, 0.25) is 0 Å². The highest BCUT2D eigenvalue weighted by Gasteiger charge is 2.20. The van der Waals surface area contributed by atoms with E-state index in [1.807, 2.05) is 13.2 Å². The first kappa shape index (κ1) is 14.7. The summed E-state index contributed by atoms with van der Waals surface area (Å²) in [7, 11) is 0. The average molecular weight is 294 g/mol. The first-order chi connectivity index (χ1) is 9.55. The fourth-order valence-electron chi connectivity index (χ4n) is 1.98. The van der Waals surface area contributed by atoms with Crippen molar-refractivity contribution in [2.24, 2.45) is 0 Å². The molecule has 4 N–H and O–H groups in total. The third kappa shape index (κ3) is 3.08. The lowest BCUT2D eigenvalue weighted by atomic mass is 10.2. The third-order valence-corrected chi connectivity index (χ3v) is 4.33. The number of amides is 1. The third-order valence-electron chi connectivity index (χ3n) is 3.16. The molecule has 0 spiro atoms. The van der Waals surface area contributed by atoms with Gasteiger partial charge in [0.1, 0.15) is 5.58 Å². The van der Waals surface area contributed by atoms with Crippen molar-refractivity contribution in [3.05, 3.63) is 30.0 Å². The molecule has 0 saturated heterocycles. The lowest BCUT2D eigenvalue weighted by Crippen LogP contribution is -2.41. The summed E-state index contributed by atoms with van der Waals surface area (Å²) in [5.41, 5.74) is 6.94. The Morgan fingerprint density at radius 1 is 1.50 bits per heavy atom. The van der Waals surface area contributed by atoms with Gasteiger partial charge in [-0.05, 0) is 37.4 Å². The van der Waals surface area contributed by atoms with Crippen molar-refractivity contribution in [1.29, 1.82) is 0 Å². The van der Waals surface area contributed by atoms with Crippen LogP contribution in [0.3, 0.4) is 0 Å². The molecule has 2 atom stereocenters. The summed E-state index contributed by atoms with van der Waals surface area (Å²) in [6.45, 7) is 1.87. The van der Waals surface area contributed by atoms with Gasteiger partial charge in [0.05, 0.1) is 6.61 Å². The van der Waals surface area contributed by atoms with Crippen LogP contribution in [0.4, 0.5) is 5.69 Å². The molecular formula is C14H18N2O3S. The van der Waals surface area contributed by atoms with Gasteiger partial charge in [-0.15, -0.1) is 0 Å². The van der Waals surface area contributed by atoms with E-state index in [0.717, 1.165) is 5.39 Å². The Balaban J connectivity index is 2.15. The SMILES string of the molecule is CSC(CO)C(C)NC(=O)c1cc2cc(N)ccc2o1. The number of thioether (sulfide) groups is 1. The minimum absolute atomic E-state index is 0.0132. The average Bonchev–Trinajstić information content (AvgIpc) is 2.83. The minimum Gasteiger partial charge on any atom is -0.451 e. The zero-order chi connectivity index (χ0) is 14.7. The molecule has 0 aliphatic rings. The molecule has 5 nitrogen and oxygen atoms in total. The summed E-state index contributed by atoms with van der Waals surface area (Å²) in [5, 5.41) is 12.8. The Labute approximate surface area is 121 Å². The first-order valence-electron chi connectivity index (χ1n) is 6.28. The number of fused-ring (bicyclic) bond motifs is 1. The fraction of sp³-hybridized carbons (Fsp3) is 0.357. The van der Waals surface area contributed by atoms with E-state index in [1.54, 1.807) is 24.3 Å². The van der Waals surface area contributed by atoms with Gasteiger partial charge in [-0.2, -0.15) is 11.8 Å². The van der Waals surface area contributed by atoms with E-state index in [0.29, 0.717) is 11.3 Å². The number of nitrogens with one attached hydrogen (secondary N) is 1. The number of carbonyl (C=O) groups is 1. The number of hydrogen-bond acceptors (Lipinski definition) is 5. The summed E-state index contributed by atoms with van der Waals surface area (Å²) in [6, 6.07) is 6.74. The Morgan fingerprint density at radius 2 is 2.25 bits per heavy atom. The molecule has 0 saturated carbocycles. The second-order valence-corrected chi connectivity index (χ2v) is 5.70. The van der Waals surface area contributed by atoms with Gasteiger partial charge in [0.25, 0.3) is 5.91 Å². The van der Waals surface area contributed by atoms with E-state index in [1.165, 1.54) is 11.8 Å². The molecule has 1 aromatic heterocycles. The monoisotopic (exact) mass is 294 g/mol. The zero-order valence-electron chi connectivity index (χ0n) is 11.4. The van der Waals surface area contributed by atoms with Crippen LogP contribution < -0.4 is 11.1 Å². The molecule has 108 valence electrons. The topological polar surface area (TPSA) is 88.5 Å². The molecule has 0 radical (unpaired) electrons. The van der Waals surface area contributed by atoms with Gasteiger partial charge in [0.15, 0.2) is 5.76 Å². The highest BCUT2D eigenvalue weighted by atomic mass is 32.2. The minimum atomic E-state index is -0.292. The van der Waals surface area contributed by atoms with Crippen LogP contribution in [0.5, 0.6) is 0 Å².